The first-order chi connectivity index (χ1) is 6.85. The Morgan fingerprint density at radius 1 is 1.50 bits per heavy atom. The second kappa shape index (κ2) is 3.43. The van der Waals surface area contributed by atoms with Crippen molar-refractivity contribution in [3.05, 3.63) is 30.0 Å². The van der Waals surface area contributed by atoms with E-state index >= 15 is 0 Å². The van der Waals surface area contributed by atoms with Crippen molar-refractivity contribution in [2.75, 3.05) is 6.61 Å². The van der Waals surface area contributed by atoms with E-state index in [1.54, 1.807) is 6.20 Å². The maximum atomic E-state index is 8.80. The van der Waals surface area contributed by atoms with Crippen molar-refractivity contribution < 1.29 is 4.74 Å². The molecule has 0 amide bonds. The Hall–Kier alpha value is -1.95. The molecule has 0 aliphatic heterocycles. The number of nitrogens with zero attached hydrogens (tertiary/aromatic N) is 1. The van der Waals surface area contributed by atoms with Gasteiger partial charge in [-0.1, -0.05) is 0 Å². The van der Waals surface area contributed by atoms with Crippen LogP contribution in [0.15, 0.2) is 24.4 Å². The lowest BCUT2D eigenvalue weighted by Crippen LogP contribution is -1.90. The van der Waals surface area contributed by atoms with Crippen molar-refractivity contribution in [1.82, 2.24) is 4.98 Å². The number of rotatable bonds is 2. The van der Waals surface area contributed by atoms with Gasteiger partial charge in [0.2, 0.25) is 0 Å². The molecule has 0 spiro atoms. The fourth-order valence-corrected chi connectivity index (χ4v) is 1.45. The lowest BCUT2D eigenvalue weighted by atomic mass is 10.2. The van der Waals surface area contributed by atoms with Crippen molar-refractivity contribution >= 4 is 10.9 Å². The first kappa shape index (κ1) is 8.64. The predicted molar refractivity (Wildman–Crippen MR) is 54.2 cm³/mol. The van der Waals surface area contributed by atoms with E-state index in [0.717, 1.165) is 16.7 Å². The Morgan fingerprint density at radius 2 is 2.36 bits per heavy atom. The normalized spacial score (nSPS) is 10.0. The third kappa shape index (κ3) is 1.31. The summed E-state index contributed by atoms with van der Waals surface area (Å²) in [6.45, 7) is 2.59. The number of nitriles is 1. The summed E-state index contributed by atoms with van der Waals surface area (Å²) in [7, 11) is 0. The highest BCUT2D eigenvalue weighted by molar-refractivity contribution is 5.86. The monoisotopic (exact) mass is 186 g/mol. The van der Waals surface area contributed by atoms with E-state index in [4.69, 9.17) is 10.00 Å². The van der Waals surface area contributed by atoms with Crippen molar-refractivity contribution in [3.8, 4) is 11.8 Å². The third-order valence-corrected chi connectivity index (χ3v) is 2.08. The molecule has 14 heavy (non-hydrogen) atoms. The molecule has 1 N–H and O–H groups in total. The van der Waals surface area contributed by atoms with E-state index in [0.29, 0.717) is 12.2 Å². The van der Waals surface area contributed by atoms with Crippen molar-refractivity contribution in [2.24, 2.45) is 0 Å². The first-order valence-electron chi connectivity index (χ1n) is 4.49. The molecular formula is C11H10N2O. The molecule has 0 fully saturated rings. The largest absolute Gasteiger partial charge is 0.494 e. The van der Waals surface area contributed by atoms with Gasteiger partial charge >= 0.3 is 0 Å². The zero-order chi connectivity index (χ0) is 9.97. The van der Waals surface area contributed by atoms with E-state index in [1.165, 1.54) is 0 Å². The molecule has 0 unspecified atom stereocenters. The summed E-state index contributed by atoms with van der Waals surface area (Å²) in [5.41, 5.74) is 1.61. The minimum absolute atomic E-state index is 0.650. The van der Waals surface area contributed by atoms with Crippen molar-refractivity contribution in [3.63, 3.8) is 0 Å². The van der Waals surface area contributed by atoms with E-state index in [9.17, 15) is 0 Å². The second-order valence-corrected chi connectivity index (χ2v) is 2.95. The van der Waals surface area contributed by atoms with Crippen LogP contribution in [0.4, 0.5) is 0 Å². The zero-order valence-corrected chi connectivity index (χ0v) is 7.87. The molecule has 1 heterocycles. The van der Waals surface area contributed by atoms with E-state index in [1.807, 2.05) is 25.1 Å². The zero-order valence-electron chi connectivity index (χ0n) is 7.87. The third-order valence-electron chi connectivity index (χ3n) is 2.08. The molecule has 1 aromatic heterocycles. The van der Waals surface area contributed by atoms with E-state index < -0.39 is 0 Å². The smallest absolute Gasteiger partial charge is 0.121 e. The molecule has 3 heteroatoms. The summed E-state index contributed by atoms with van der Waals surface area (Å²) >= 11 is 0. The fourth-order valence-electron chi connectivity index (χ4n) is 1.45. The average Bonchev–Trinajstić information content (AvgIpc) is 2.60. The van der Waals surface area contributed by atoms with Gasteiger partial charge in [-0.3, -0.25) is 0 Å². The van der Waals surface area contributed by atoms with Gasteiger partial charge in [-0.15, -0.1) is 0 Å². The van der Waals surface area contributed by atoms with Gasteiger partial charge in [0.15, 0.2) is 0 Å². The Balaban J connectivity index is 2.53. The molecule has 0 saturated carbocycles. The summed E-state index contributed by atoms with van der Waals surface area (Å²) < 4.78 is 5.35. The molecule has 0 radical (unpaired) electrons. The average molecular weight is 186 g/mol. The van der Waals surface area contributed by atoms with Crippen LogP contribution >= 0.6 is 0 Å². The van der Waals surface area contributed by atoms with Gasteiger partial charge in [-0.05, 0) is 19.1 Å². The van der Waals surface area contributed by atoms with E-state index in [2.05, 4.69) is 11.1 Å². The number of ether oxygens (including phenoxy) is 1. The molecular weight excluding hydrogens is 176 g/mol. The highest BCUT2D eigenvalue weighted by Gasteiger charge is 2.03. The van der Waals surface area contributed by atoms with Crippen LogP contribution in [0.3, 0.4) is 0 Å². The summed E-state index contributed by atoms with van der Waals surface area (Å²) in [5, 5.41) is 9.74. The SMILES string of the molecule is CCOc1ccc2c(C#N)c[nH]c2c1. The minimum atomic E-state index is 0.650. The van der Waals surface area contributed by atoms with Crippen LogP contribution in [0.1, 0.15) is 12.5 Å². The number of nitrogens with one attached hydrogen (secondary N) is 1. The minimum Gasteiger partial charge on any atom is -0.494 e. The van der Waals surface area contributed by atoms with Gasteiger partial charge in [0, 0.05) is 17.6 Å². The Labute approximate surface area is 81.9 Å². The molecule has 70 valence electrons. The highest BCUT2D eigenvalue weighted by Crippen LogP contribution is 2.22. The number of hydrogen-bond donors (Lipinski definition) is 1. The molecule has 0 aliphatic rings. The quantitative estimate of drug-likeness (QED) is 0.783. The van der Waals surface area contributed by atoms with Crippen LogP contribution in [0.2, 0.25) is 0 Å². The molecule has 3 nitrogen and oxygen atoms in total. The molecule has 2 rings (SSSR count). The molecule has 0 saturated heterocycles. The summed E-state index contributed by atoms with van der Waals surface area (Å²) in [6, 6.07) is 7.81. The molecule has 1 aromatic carbocycles. The molecule has 0 aliphatic carbocycles. The predicted octanol–water partition coefficient (Wildman–Crippen LogP) is 2.44. The number of H-pyrrole nitrogens is 1. The van der Waals surface area contributed by atoms with Crippen LogP contribution in [0.5, 0.6) is 5.75 Å². The van der Waals surface area contributed by atoms with Gasteiger partial charge in [-0.2, -0.15) is 5.26 Å². The molecule has 0 bridgehead atoms. The highest BCUT2D eigenvalue weighted by atomic mass is 16.5. The van der Waals surface area contributed by atoms with Crippen LogP contribution < -0.4 is 4.74 Å². The second-order valence-electron chi connectivity index (χ2n) is 2.95. The Kier molecular flexibility index (Phi) is 2.11. The van der Waals surface area contributed by atoms with Crippen molar-refractivity contribution in [1.29, 1.82) is 5.26 Å². The van der Waals surface area contributed by atoms with E-state index in [-0.39, 0.29) is 0 Å². The standard InChI is InChI=1S/C11H10N2O/c1-2-14-9-3-4-10-8(6-12)7-13-11(10)5-9/h3-5,7,13H,2H2,1H3. The number of aromatic nitrogens is 1. The van der Waals surface area contributed by atoms with Crippen LogP contribution in [-0.2, 0) is 0 Å². The Morgan fingerprint density at radius 3 is 3.07 bits per heavy atom. The molecule has 0 atom stereocenters. The number of aromatic amines is 1. The van der Waals surface area contributed by atoms with Gasteiger partial charge in [0.1, 0.15) is 11.8 Å². The molecule has 2 aromatic rings. The topological polar surface area (TPSA) is 48.8 Å². The lowest BCUT2D eigenvalue weighted by Gasteiger charge is -2.01. The number of benzene rings is 1. The number of fused-ring (bicyclic) bond motifs is 1. The van der Waals surface area contributed by atoms with Crippen molar-refractivity contribution in [2.45, 2.75) is 6.92 Å². The van der Waals surface area contributed by atoms with Gasteiger partial charge < -0.3 is 9.72 Å². The fraction of sp³-hybridized carbons (Fsp3) is 0.182. The number of hydrogen-bond acceptors (Lipinski definition) is 2. The Bertz CT molecular complexity index is 493. The first-order valence-corrected chi connectivity index (χ1v) is 4.49. The van der Waals surface area contributed by atoms with Crippen LogP contribution in [-0.4, -0.2) is 11.6 Å². The maximum absolute atomic E-state index is 8.80. The van der Waals surface area contributed by atoms with Crippen LogP contribution in [0.25, 0.3) is 10.9 Å². The van der Waals surface area contributed by atoms with Gasteiger partial charge in [0.25, 0.3) is 0 Å². The lowest BCUT2D eigenvalue weighted by molar-refractivity contribution is 0.340. The van der Waals surface area contributed by atoms with Crippen LogP contribution in [0, 0.1) is 11.3 Å². The summed E-state index contributed by atoms with van der Waals surface area (Å²) in [5.74, 6) is 0.825. The van der Waals surface area contributed by atoms with Gasteiger partial charge in [-0.25, -0.2) is 0 Å². The summed E-state index contributed by atoms with van der Waals surface area (Å²) in [6.07, 6.45) is 1.71. The summed E-state index contributed by atoms with van der Waals surface area (Å²) in [4.78, 5) is 3.04. The van der Waals surface area contributed by atoms with Gasteiger partial charge in [0.05, 0.1) is 17.7 Å². The maximum Gasteiger partial charge on any atom is 0.121 e.